The lowest BCUT2D eigenvalue weighted by atomic mass is 10.1. The molecule has 2 amide bonds. The summed E-state index contributed by atoms with van der Waals surface area (Å²) >= 11 is 0. The van der Waals surface area contributed by atoms with E-state index in [9.17, 15) is 14.0 Å². The number of carbonyl (C=O) groups is 2. The van der Waals surface area contributed by atoms with Gasteiger partial charge in [-0.1, -0.05) is 12.1 Å². The highest BCUT2D eigenvalue weighted by molar-refractivity contribution is 6.03. The maximum Gasteiger partial charge on any atom is 0.251 e. The number of benzene rings is 2. The van der Waals surface area contributed by atoms with Crippen LogP contribution < -0.4 is 10.2 Å². The van der Waals surface area contributed by atoms with Crippen LogP contribution in [0.2, 0.25) is 0 Å². The first-order chi connectivity index (χ1) is 13.1. The third-order valence-electron chi connectivity index (χ3n) is 4.51. The fourth-order valence-corrected chi connectivity index (χ4v) is 3.20. The lowest BCUT2D eigenvalue weighted by Crippen LogP contribution is -2.26. The zero-order valence-electron chi connectivity index (χ0n) is 14.4. The minimum absolute atomic E-state index is 0.0672. The Morgan fingerprint density at radius 2 is 2.04 bits per heavy atom. The first-order valence-electron chi connectivity index (χ1n) is 8.58. The molecular formula is C21H17FN2O3. The molecule has 6 heteroatoms. The average molecular weight is 364 g/mol. The van der Waals surface area contributed by atoms with Crippen LogP contribution in [0.5, 0.6) is 0 Å². The van der Waals surface area contributed by atoms with Crippen LogP contribution in [-0.2, 0) is 24.3 Å². The Labute approximate surface area is 155 Å². The van der Waals surface area contributed by atoms with Crippen LogP contribution in [0.4, 0.5) is 10.1 Å². The summed E-state index contributed by atoms with van der Waals surface area (Å²) in [4.78, 5) is 26.4. The maximum atomic E-state index is 13.4. The van der Waals surface area contributed by atoms with Gasteiger partial charge in [-0.15, -0.1) is 0 Å². The summed E-state index contributed by atoms with van der Waals surface area (Å²) in [6.45, 7) is 0.598. The second-order valence-corrected chi connectivity index (χ2v) is 6.39. The normalized spacial score (nSPS) is 12.9. The van der Waals surface area contributed by atoms with Crippen LogP contribution in [-0.4, -0.2) is 11.8 Å². The van der Waals surface area contributed by atoms with Crippen molar-refractivity contribution >= 4 is 17.5 Å². The minimum Gasteiger partial charge on any atom is -0.467 e. The predicted octanol–water partition coefficient (Wildman–Crippen LogP) is 3.44. The smallest absolute Gasteiger partial charge is 0.251 e. The van der Waals surface area contributed by atoms with Crippen molar-refractivity contribution in [1.29, 1.82) is 0 Å². The molecule has 0 unspecified atom stereocenters. The molecule has 0 fully saturated rings. The Balaban J connectivity index is 1.50. The van der Waals surface area contributed by atoms with Crippen molar-refractivity contribution < 1.29 is 18.4 Å². The van der Waals surface area contributed by atoms with Crippen LogP contribution in [0.3, 0.4) is 0 Å². The van der Waals surface area contributed by atoms with E-state index in [0.717, 1.165) is 16.8 Å². The highest BCUT2D eigenvalue weighted by Crippen LogP contribution is 2.31. The van der Waals surface area contributed by atoms with Crippen molar-refractivity contribution in [1.82, 2.24) is 5.32 Å². The SMILES string of the molecule is O=C(NCc1ccco1)c1ccc2c(c1)CC(=O)N2Cc1cccc(F)c1. The molecule has 27 heavy (non-hydrogen) atoms. The van der Waals surface area contributed by atoms with Gasteiger partial charge in [0.1, 0.15) is 11.6 Å². The molecule has 1 aliphatic rings. The molecule has 0 saturated heterocycles. The van der Waals surface area contributed by atoms with E-state index in [1.165, 1.54) is 12.1 Å². The number of amides is 2. The summed E-state index contributed by atoms with van der Waals surface area (Å²) in [5.41, 5.74) is 2.76. The molecule has 4 rings (SSSR count). The summed E-state index contributed by atoms with van der Waals surface area (Å²) in [6, 6.07) is 14.9. The summed E-state index contributed by atoms with van der Waals surface area (Å²) < 4.78 is 18.6. The number of carbonyl (C=O) groups excluding carboxylic acids is 2. The fourth-order valence-electron chi connectivity index (χ4n) is 3.20. The third-order valence-corrected chi connectivity index (χ3v) is 4.51. The summed E-state index contributed by atoms with van der Waals surface area (Å²) in [5.74, 6) is 0.0385. The number of fused-ring (bicyclic) bond motifs is 1. The summed E-state index contributed by atoms with van der Waals surface area (Å²) in [5, 5.41) is 2.79. The lowest BCUT2D eigenvalue weighted by Gasteiger charge is -2.18. The molecule has 2 aromatic carbocycles. The van der Waals surface area contributed by atoms with Gasteiger partial charge in [-0.05, 0) is 53.6 Å². The van der Waals surface area contributed by atoms with E-state index in [4.69, 9.17) is 4.42 Å². The Morgan fingerprint density at radius 3 is 2.81 bits per heavy atom. The number of anilines is 1. The number of hydrogen-bond donors (Lipinski definition) is 1. The summed E-state index contributed by atoms with van der Waals surface area (Å²) in [7, 11) is 0. The average Bonchev–Trinajstić information content (AvgIpc) is 3.27. The molecule has 1 aromatic heterocycles. The van der Waals surface area contributed by atoms with Crippen LogP contribution in [0, 0.1) is 5.82 Å². The molecule has 5 nitrogen and oxygen atoms in total. The number of furan rings is 1. The first kappa shape index (κ1) is 17.0. The van der Waals surface area contributed by atoms with Crippen molar-refractivity contribution in [2.75, 3.05) is 4.90 Å². The van der Waals surface area contributed by atoms with E-state index in [1.807, 2.05) is 0 Å². The van der Waals surface area contributed by atoms with Gasteiger partial charge in [0, 0.05) is 11.3 Å². The molecule has 136 valence electrons. The molecule has 2 heterocycles. The van der Waals surface area contributed by atoms with Crippen LogP contribution in [0.15, 0.2) is 65.3 Å². The van der Waals surface area contributed by atoms with E-state index >= 15 is 0 Å². The molecule has 0 bridgehead atoms. The molecule has 1 aliphatic heterocycles. The van der Waals surface area contributed by atoms with Crippen LogP contribution >= 0.6 is 0 Å². The number of nitrogens with one attached hydrogen (secondary N) is 1. The second kappa shape index (κ2) is 7.07. The highest BCUT2D eigenvalue weighted by Gasteiger charge is 2.28. The Kier molecular flexibility index (Phi) is 4.46. The van der Waals surface area contributed by atoms with E-state index in [-0.39, 0.29) is 24.1 Å². The van der Waals surface area contributed by atoms with Gasteiger partial charge in [-0.25, -0.2) is 4.39 Å². The largest absolute Gasteiger partial charge is 0.467 e. The first-order valence-corrected chi connectivity index (χ1v) is 8.58. The summed E-state index contributed by atoms with van der Waals surface area (Å²) in [6.07, 6.45) is 1.78. The Bertz CT molecular complexity index is 998. The zero-order valence-corrected chi connectivity index (χ0v) is 14.4. The second-order valence-electron chi connectivity index (χ2n) is 6.39. The number of hydrogen-bond acceptors (Lipinski definition) is 3. The quantitative estimate of drug-likeness (QED) is 0.754. The van der Waals surface area contributed by atoms with Crippen molar-refractivity contribution in [3.05, 3.63) is 89.1 Å². The number of nitrogens with zero attached hydrogens (tertiary/aromatic N) is 1. The topological polar surface area (TPSA) is 62.6 Å². The van der Waals surface area contributed by atoms with E-state index < -0.39 is 0 Å². The molecule has 1 N–H and O–H groups in total. The molecule has 0 spiro atoms. The van der Waals surface area contributed by atoms with Gasteiger partial charge in [-0.3, -0.25) is 9.59 Å². The van der Waals surface area contributed by atoms with E-state index in [1.54, 1.807) is 53.6 Å². The van der Waals surface area contributed by atoms with Crippen molar-refractivity contribution in [3.63, 3.8) is 0 Å². The molecule has 3 aromatic rings. The van der Waals surface area contributed by atoms with Gasteiger partial charge in [0.2, 0.25) is 5.91 Å². The maximum absolute atomic E-state index is 13.4. The van der Waals surface area contributed by atoms with Gasteiger partial charge in [0.25, 0.3) is 5.91 Å². The minimum atomic E-state index is -0.331. The van der Waals surface area contributed by atoms with Gasteiger partial charge in [-0.2, -0.15) is 0 Å². The molecule has 0 saturated carbocycles. The predicted molar refractivity (Wildman–Crippen MR) is 97.6 cm³/mol. The van der Waals surface area contributed by atoms with Crippen molar-refractivity contribution in [3.8, 4) is 0 Å². The van der Waals surface area contributed by atoms with E-state index in [0.29, 0.717) is 24.4 Å². The zero-order chi connectivity index (χ0) is 18.8. The Hall–Kier alpha value is -3.41. The molecule has 0 atom stereocenters. The van der Waals surface area contributed by atoms with Crippen molar-refractivity contribution in [2.24, 2.45) is 0 Å². The van der Waals surface area contributed by atoms with Gasteiger partial charge >= 0.3 is 0 Å². The Morgan fingerprint density at radius 1 is 1.15 bits per heavy atom. The third kappa shape index (κ3) is 3.60. The highest BCUT2D eigenvalue weighted by atomic mass is 19.1. The van der Waals surface area contributed by atoms with Crippen LogP contribution in [0.1, 0.15) is 27.2 Å². The molecule has 0 aliphatic carbocycles. The van der Waals surface area contributed by atoms with Gasteiger partial charge < -0.3 is 14.6 Å². The van der Waals surface area contributed by atoms with E-state index in [2.05, 4.69) is 5.32 Å². The standard InChI is InChI=1S/C21H17FN2O3/c22-17-4-1-3-14(9-17)13-24-19-7-6-15(10-16(19)11-20(24)25)21(26)23-12-18-5-2-8-27-18/h1-10H,11-13H2,(H,23,26). The number of halogens is 1. The fraction of sp³-hybridized carbons (Fsp3) is 0.143. The van der Waals surface area contributed by atoms with Crippen LogP contribution in [0.25, 0.3) is 0 Å². The molecular weight excluding hydrogens is 347 g/mol. The monoisotopic (exact) mass is 364 g/mol. The van der Waals surface area contributed by atoms with Crippen molar-refractivity contribution in [2.45, 2.75) is 19.5 Å². The van der Waals surface area contributed by atoms with Gasteiger partial charge in [0.05, 0.1) is 25.8 Å². The lowest BCUT2D eigenvalue weighted by molar-refractivity contribution is -0.117. The van der Waals surface area contributed by atoms with Gasteiger partial charge in [0.15, 0.2) is 0 Å². The number of rotatable bonds is 5. The molecule has 0 radical (unpaired) electrons.